The molecule has 0 fully saturated rings. The summed E-state index contributed by atoms with van der Waals surface area (Å²) in [5.74, 6) is 0. The molecular weight excluding hydrogens is 593 g/mol. The van der Waals surface area contributed by atoms with E-state index in [0.717, 1.165) is 29.9 Å². The van der Waals surface area contributed by atoms with Crippen molar-refractivity contribution in [3.8, 4) is 22.3 Å². The van der Waals surface area contributed by atoms with Crippen LogP contribution in [0.3, 0.4) is 0 Å². The first-order valence-electron chi connectivity index (χ1n) is 17.0. The number of hydrogen-bond acceptors (Lipinski definition) is 2. The summed E-state index contributed by atoms with van der Waals surface area (Å²) in [5, 5.41) is 7.57. The van der Waals surface area contributed by atoms with Gasteiger partial charge in [-0.05, 0) is 121 Å². The van der Waals surface area contributed by atoms with E-state index in [2.05, 4.69) is 180 Å². The molecule has 1 heterocycles. The van der Waals surface area contributed by atoms with Crippen LogP contribution >= 0.6 is 0 Å². The molecule has 0 unspecified atom stereocenters. The van der Waals surface area contributed by atoms with E-state index in [4.69, 9.17) is 0 Å². The van der Waals surface area contributed by atoms with Crippen LogP contribution in [0.25, 0.3) is 60.1 Å². The lowest BCUT2D eigenvalue weighted by atomic mass is 9.80. The lowest BCUT2D eigenvalue weighted by Gasteiger charge is -2.27. The van der Waals surface area contributed by atoms with E-state index in [0.29, 0.717) is 0 Å². The first-order valence-corrected chi connectivity index (χ1v) is 17.0. The topological polar surface area (TPSA) is 16.1 Å². The summed E-state index contributed by atoms with van der Waals surface area (Å²) in [6, 6.07) is 55.1. The average molecular weight is 627 g/mol. The minimum Gasteiger partial charge on any atom is -0.310 e. The normalized spacial score (nSPS) is 12.8. The third kappa shape index (κ3) is 5.10. The second kappa shape index (κ2) is 12.4. The highest BCUT2D eigenvalue weighted by molar-refractivity contribution is 6.32. The van der Waals surface area contributed by atoms with Gasteiger partial charge < -0.3 is 4.90 Å². The van der Waals surface area contributed by atoms with Crippen LogP contribution in [0.5, 0.6) is 0 Å². The Bertz CT molecular complexity index is 2480. The maximum absolute atomic E-state index is 4.32. The zero-order valence-electron chi connectivity index (χ0n) is 27.1. The van der Waals surface area contributed by atoms with E-state index < -0.39 is 0 Å². The lowest BCUT2D eigenvalue weighted by Crippen LogP contribution is -2.09. The summed E-state index contributed by atoms with van der Waals surface area (Å²) in [5.41, 5.74) is 10.8. The van der Waals surface area contributed by atoms with Gasteiger partial charge in [-0.2, -0.15) is 0 Å². The van der Waals surface area contributed by atoms with Gasteiger partial charge in [-0.15, -0.1) is 0 Å². The molecule has 2 heteroatoms. The van der Waals surface area contributed by atoms with Crippen molar-refractivity contribution in [2.45, 2.75) is 12.8 Å². The van der Waals surface area contributed by atoms with E-state index in [1.165, 1.54) is 65.7 Å². The van der Waals surface area contributed by atoms with Crippen molar-refractivity contribution in [3.05, 3.63) is 188 Å². The van der Waals surface area contributed by atoms with Crippen LogP contribution in [0, 0.1) is 0 Å². The van der Waals surface area contributed by atoms with Gasteiger partial charge in [-0.1, -0.05) is 127 Å². The number of aromatic nitrogens is 1. The van der Waals surface area contributed by atoms with Gasteiger partial charge in [0.15, 0.2) is 0 Å². The van der Waals surface area contributed by atoms with Crippen molar-refractivity contribution in [1.82, 2.24) is 4.98 Å². The third-order valence-electron chi connectivity index (χ3n) is 9.73. The van der Waals surface area contributed by atoms with E-state index in [1.807, 2.05) is 12.4 Å². The van der Waals surface area contributed by atoms with Crippen LogP contribution in [0.2, 0.25) is 0 Å². The Labute approximate surface area is 286 Å². The molecule has 8 aromatic rings. The second-order valence-corrected chi connectivity index (χ2v) is 12.6. The summed E-state index contributed by atoms with van der Waals surface area (Å²) in [6.45, 7) is 0. The fraction of sp³-hybridized carbons (Fsp3) is 0.0426. The molecule has 2 nitrogen and oxygen atoms in total. The molecule has 1 aliphatic carbocycles. The molecule has 0 amide bonds. The predicted octanol–water partition coefficient (Wildman–Crippen LogP) is 13.1. The van der Waals surface area contributed by atoms with E-state index >= 15 is 0 Å². The van der Waals surface area contributed by atoms with E-state index in [9.17, 15) is 0 Å². The second-order valence-electron chi connectivity index (χ2n) is 12.6. The molecular formula is C47H34N2. The van der Waals surface area contributed by atoms with Gasteiger partial charge in [-0.3, -0.25) is 4.98 Å². The van der Waals surface area contributed by atoms with Crippen LogP contribution in [-0.2, 0) is 0 Å². The van der Waals surface area contributed by atoms with Gasteiger partial charge in [-0.25, -0.2) is 0 Å². The molecule has 0 aliphatic heterocycles. The molecule has 7 aromatic carbocycles. The first kappa shape index (κ1) is 28.9. The summed E-state index contributed by atoms with van der Waals surface area (Å²) in [6.07, 6.45) is 12.9. The van der Waals surface area contributed by atoms with Crippen molar-refractivity contribution in [3.63, 3.8) is 0 Å². The number of anilines is 3. The largest absolute Gasteiger partial charge is 0.310 e. The number of rotatable bonds is 6. The molecule has 1 aromatic heterocycles. The predicted molar refractivity (Wildman–Crippen MR) is 209 cm³/mol. The van der Waals surface area contributed by atoms with Gasteiger partial charge >= 0.3 is 0 Å². The number of fused-ring (bicyclic) bond motifs is 6. The maximum Gasteiger partial charge on any atom is 0.0492 e. The molecule has 1 aliphatic rings. The van der Waals surface area contributed by atoms with Crippen molar-refractivity contribution in [2.24, 2.45) is 0 Å². The number of pyridine rings is 1. The Morgan fingerprint density at radius 1 is 0.449 bits per heavy atom. The molecule has 0 saturated carbocycles. The Kier molecular flexibility index (Phi) is 7.33. The van der Waals surface area contributed by atoms with Gasteiger partial charge in [0.05, 0.1) is 0 Å². The monoisotopic (exact) mass is 626 g/mol. The summed E-state index contributed by atoms with van der Waals surface area (Å²) < 4.78 is 0. The third-order valence-corrected chi connectivity index (χ3v) is 9.73. The highest BCUT2D eigenvalue weighted by atomic mass is 15.1. The summed E-state index contributed by atoms with van der Waals surface area (Å²) in [4.78, 5) is 6.64. The summed E-state index contributed by atoms with van der Waals surface area (Å²) >= 11 is 0. The Morgan fingerprint density at radius 2 is 1.08 bits per heavy atom. The van der Waals surface area contributed by atoms with Crippen LogP contribution in [0.4, 0.5) is 17.1 Å². The van der Waals surface area contributed by atoms with Crippen molar-refractivity contribution in [2.75, 3.05) is 4.90 Å². The minimum atomic E-state index is 1.05. The smallest absolute Gasteiger partial charge is 0.0492 e. The van der Waals surface area contributed by atoms with Gasteiger partial charge in [0.2, 0.25) is 0 Å². The van der Waals surface area contributed by atoms with Crippen LogP contribution < -0.4 is 4.90 Å². The molecule has 0 saturated heterocycles. The molecule has 0 bridgehead atoms. The highest BCUT2D eigenvalue weighted by Crippen LogP contribution is 2.49. The SMILES string of the molecule is C1=CC(c2cc(-c3ccccc3)c3c4ccccc4c4cc(N(c5ccccc5)c5ccncc5)ccc4c3c2-c2ccccc2)=CCC1. The zero-order valence-corrected chi connectivity index (χ0v) is 27.1. The number of benzene rings is 7. The zero-order chi connectivity index (χ0) is 32.6. The van der Waals surface area contributed by atoms with Gasteiger partial charge in [0, 0.05) is 29.5 Å². The van der Waals surface area contributed by atoms with Gasteiger partial charge in [0.1, 0.15) is 0 Å². The maximum atomic E-state index is 4.32. The molecule has 0 spiro atoms. The number of hydrogen-bond donors (Lipinski definition) is 0. The van der Waals surface area contributed by atoms with Gasteiger partial charge in [0.25, 0.3) is 0 Å². The Morgan fingerprint density at radius 3 is 1.80 bits per heavy atom. The number of para-hydroxylation sites is 1. The highest BCUT2D eigenvalue weighted by Gasteiger charge is 2.23. The molecule has 0 N–H and O–H groups in total. The van der Waals surface area contributed by atoms with E-state index in [-0.39, 0.29) is 0 Å². The molecule has 0 atom stereocenters. The summed E-state index contributed by atoms with van der Waals surface area (Å²) in [7, 11) is 0. The Hall–Kier alpha value is -6.25. The minimum absolute atomic E-state index is 1.05. The average Bonchev–Trinajstić information content (AvgIpc) is 3.19. The quantitative estimate of drug-likeness (QED) is 0.171. The fourth-order valence-electron chi connectivity index (χ4n) is 7.59. The lowest BCUT2D eigenvalue weighted by molar-refractivity contribution is 1.04. The molecule has 232 valence electrons. The Balaban J connectivity index is 1.46. The van der Waals surface area contributed by atoms with Crippen molar-refractivity contribution >= 4 is 55.0 Å². The van der Waals surface area contributed by atoms with Crippen molar-refractivity contribution < 1.29 is 0 Å². The standard InChI is InChI=1S/C47H34N2/c1-5-15-33(16-6-1)42-32-43(34-17-7-2-8-18-34)46-40-24-14-13-23-39(40)44-31-38(25-26-41(44)47(46)45(42)35-19-9-3-10-20-35)49(36-21-11-4-12-22-36)37-27-29-48-30-28-37/h2-5,7-32H,1,6H2. The van der Waals surface area contributed by atoms with Crippen molar-refractivity contribution in [1.29, 1.82) is 0 Å². The number of nitrogens with zero attached hydrogens (tertiary/aromatic N) is 2. The van der Waals surface area contributed by atoms with Crippen LogP contribution in [0.15, 0.2) is 182 Å². The van der Waals surface area contributed by atoms with Crippen LogP contribution in [-0.4, -0.2) is 4.98 Å². The molecule has 0 radical (unpaired) electrons. The number of allylic oxidation sites excluding steroid dienone is 4. The van der Waals surface area contributed by atoms with E-state index in [1.54, 1.807) is 0 Å². The first-order chi connectivity index (χ1) is 24.3. The molecule has 9 rings (SSSR count). The van der Waals surface area contributed by atoms with Crippen LogP contribution in [0.1, 0.15) is 18.4 Å². The fourth-order valence-corrected chi connectivity index (χ4v) is 7.59. The molecule has 49 heavy (non-hydrogen) atoms.